The van der Waals surface area contributed by atoms with Crippen LogP contribution in [0.4, 0.5) is 0 Å². The van der Waals surface area contributed by atoms with Crippen LogP contribution in [0.25, 0.3) is 0 Å². The molecule has 4 rings (SSSR count). The van der Waals surface area contributed by atoms with Crippen molar-refractivity contribution in [2.45, 2.75) is 31.7 Å². The van der Waals surface area contributed by atoms with Crippen LogP contribution in [0.1, 0.15) is 44.7 Å². The normalized spacial score (nSPS) is 23.2. The van der Waals surface area contributed by atoms with Gasteiger partial charge in [-0.15, -0.1) is 0 Å². The molecule has 0 radical (unpaired) electrons. The molecule has 0 spiro atoms. The highest BCUT2D eigenvalue weighted by atomic mass is 16.2. The minimum Gasteiger partial charge on any atom is -0.299 e. The minimum atomic E-state index is -0.962. The smallest absolute Gasteiger partial charge is 0.262 e. The molecule has 23 heavy (non-hydrogen) atoms. The number of nitrogens with one attached hydrogen (secondary N) is 1. The highest BCUT2D eigenvalue weighted by Crippen LogP contribution is 2.32. The highest BCUT2D eigenvalue weighted by Gasteiger charge is 2.45. The van der Waals surface area contributed by atoms with Crippen LogP contribution in [0, 0.1) is 0 Å². The van der Waals surface area contributed by atoms with E-state index in [1.165, 1.54) is 0 Å². The molecule has 1 aromatic carbocycles. The standard InChI is InChI=1S/C16H12N2O5/c19-9-3-7-5-10-11(6-8(7)4-9)16(23)18(15(10)22)12-1-2-13(20)17-14(12)21/h5-6,12H,1-4H2,(H,17,20,21)/t12-/m1/s1. The maximum absolute atomic E-state index is 12.6. The van der Waals surface area contributed by atoms with E-state index in [1.54, 1.807) is 12.1 Å². The summed E-state index contributed by atoms with van der Waals surface area (Å²) in [6.07, 6.45) is 0.758. The Balaban J connectivity index is 1.72. The fourth-order valence-electron chi connectivity index (χ4n) is 3.42. The summed E-state index contributed by atoms with van der Waals surface area (Å²) in [6, 6.07) is 2.21. The highest BCUT2D eigenvalue weighted by molar-refractivity contribution is 6.23. The Bertz CT molecular complexity index is 779. The topological polar surface area (TPSA) is 101 Å². The Hall–Kier alpha value is -2.83. The Morgan fingerprint density at radius 3 is 2.00 bits per heavy atom. The Morgan fingerprint density at radius 1 is 0.913 bits per heavy atom. The molecule has 4 amide bonds. The molecule has 3 aliphatic rings. The first-order valence-corrected chi connectivity index (χ1v) is 7.35. The molecule has 1 aliphatic carbocycles. The Kier molecular flexibility index (Phi) is 2.75. The number of carbonyl (C=O) groups excluding carboxylic acids is 5. The Morgan fingerprint density at radius 2 is 1.48 bits per heavy atom. The summed E-state index contributed by atoms with van der Waals surface area (Å²) in [7, 11) is 0. The van der Waals surface area contributed by atoms with E-state index in [9.17, 15) is 24.0 Å². The molecule has 7 heteroatoms. The zero-order valence-corrected chi connectivity index (χ0v) is 12.0. The Labute approximate surface area is 130 Å². The second kappa shape index (κ2) is 4.58. The van der Waals surface area contributed by atoms with Gasteiger partial charge in [0.25, 0.3) is 11.8 Å². The van der Waals surface area contributed by atoms with Crippen molar-refractivity contribution in [3.8, 4) is 0 Å². The SMILES string of the molecule is O=C1Cc2cc3c(cc2C1)C(=O)N([C@@H]1CCC(=O)NC1=O)C3=O. The van der Waals surface area contributed by atoms with Crippen LogP contribution in [0.15, 0.2) is 12.1 Å². The van der Waals surface area contributed by atoms with Crippen molar-refractivity contribution >= 4 is 29.4 Å². The van der Waals surface area contributed by atoms with Gasteiger partial charge < -0.3 is 0 Å². The molecule has 1 N–H and O–H groups in total. The van der Waals surface area contributed by atoms with Gasteiger partial charge in [-0.25, -0.2) is 0 Å². The lowest BCUT2D eigenvalue weighted by Crippen LogP contribution is -2.54. The summed E-state index contributed by atoms with van der Waals surface area (Å²) in [5.41, 5.74) is 1.99. The van der Waals surface area contributed by atoms with Crippen LogP contribution in [0.5, 0.6) is 0 Å². The third-order valence-corrected chi connectivity index (χ3v) is 4.54. The number of benzene rings is 1. The number of hydrogen-bond donors (Lipinski definition) is 1. The van der Waals surface area contributed by atoms with Crippen molar-refractivity contribution in [1.82, 2.24) is 10.2 Å². The van der Waals surface area contributed by atoms with Gasteiger partial charge in [0.15, 0.2) is 0 Å². The lowest BCUT2D eigenvalue weighted by Gasteiger charge is -2.27. The van der Waals surface area contributed by atoms with Crippen molar-refractivity contribution in [3.05, 3.63) is 34.4 Å². The van der Waals surface area contributed by atoms with Crippen molar-refractivity contribution < 1.29 is 24.0 Å². The van der Waals surface area contributed by atoms with Crippen molar-refractivity contribution in [3.63, 3.8) is 0 Å². The maximum Gasteiger partial charge on any atom is 0.262 e. The van der Waals surface area contributed by atoms with Gasteiger partial charge >= 0.3 is 0 Å². The first-order chi connectivity index (χ1) is 11.0. The number of rotatable bonds is 1. The molecule has 0 bridgehead atoms. The van der Waals surface area contributed by atoms with Gasteiger partial charge in [-0.2, -0.15) is 0 Å². The molecular weight excluding hydrogens is 300 g/mol. The van der Waals surface area contributed by atoms with Gasteiger partial charge in [0.2, 0.25) is 11.8 Å². The van der Waals surface area contributed by atoms with Crippen LogP contribution >= 0.6 is 0 Å². The van der Waals surface area contributed by atoms with Crippen molar-refractivity contribution in [2.75, 3.05) is 0 Å². The second-order valence-corrected chi connectivity index (χ2v) is 6.01. The predicted molar refractivity (Wildman–Crippen MR) is 75.5 cm³/mol. The number of amides is 4. The largest absolute Gasteiger partial charge is 0.299 e. The molecule has 1 atom stereocenters. The molecule has 0 saturated carbocycles. The summed E-state index contributed by atoms with van der Waals surface area (Å²) in [5.74, 6) is -2.05. The summed E-state index contributed by atoms with van der Waals surface area (Å²) in [4.78, 5) is 60.8. The number of imide groups is 2. The molecule has 2 heterocycles. The lowest BCUT2D eigenvalue weighted by molar-refractivity contribution is -0.136. The first-order valence-electron chi connectivity index (χ1n) is 7.35. The fourth-order valence-corrected chi connectivity index (χ4v) is 3.42. The number of piperidine rings is 1. The van der Waals surface area contributed by atoms with E-state index in [0.717, 1.165) is 16.0 Å². The lowest BCUT2D eigenvalue weighted by atomic mass is 10.0. The fraction of sp³-hybridized carbons (Fsp3) is 0.312. The molecule has 0 unspecified atom stereocenters. The van der Waals surface area contributed by atoms with Crippen LogP contribution in [-0.4, -0.2) is 40.4 Å². The summed E-state index contributed by atoms with van der Waals surface area (Å²) < 4.78 is 0. The average molecular weight is 312 g/mol. The van der Waals surface area contributed by atoms with Gasteiger partial charge in [0.05, 0.1) is 11.1 Å². The zero-order chi connectivity index (χ0) is 16.3. The van der Waals surface area contributed by atoms with E-state index in [-0.39, 0.29) is 42.6 Å². The van der Waals surface area contributed by atoms with Gasteiger partial charge in [-0.1, -0.05) is 0 Å². The van der Waals surface area contributed by atoms with Crippen LogP contribution in [-0.2, 0) is 27.2 Å². The van der Waals surface area contributed by atoms with Gasteiger partial charge in [0.1, 0.15) is 11.8 Å². The van der Waals surface area contributed by atoms with Gasteiger partial charge in [-0.3, -0.25) is 34.2 Å². The van der Waals surface area contributed by atoms with Gasteiger partial charge in [0, 0.05) is 19.3 Å². The van der Waals surface area contributed by atoms with E-state index in [0.29, 0.717) is 0 Å². The molecule has 2 aliphatic heterocycles. The second-order valence-electron chi connectivity index (χ2n) is 6.01. The first kappa shape index (κ1) is 13.8. The van der Waals surface area contributed by atoms with Gasteiger partial charge in [-0.05, 0) is 29.7 Å². The molecule has 7 nitrogen and oxygen atoms in total. The van der Waals surface area contributed by atoms with E-state index in [2.05, 4.69) is 5.32 Å². The van der Waals surface area contributed by atoms with Crippen molar-refractivity contribution in [1.29, 1.82) is 0 Å². The molecule has 1 aromatic rings. The number of ketones is 1. The van der Waals surface area contributed by atoms with E-state index < -0.39 is 29.7 Å². The van der Waals surface area contributed by atoms with E-state index >= 15 is 0 Å². The number of hydrogen-bond acceptors (Lipinski definition) is 5. The predicted octanol–water partition coefficient (Wildman–Crippen LogP) is -0.244. The average Bonchev–Trinajstić information content (AvgIpc) is 2.96. The molecule has 1 saturated heterocycles. The molecule has 1 fully saturated rings. The molecular formula is C16H12N2O5. The number of fused-ring (bicyclic) bond motifs is 2. The minimum absolute atomic E-state index is 0.0607. The molecule has 116 valence electrons. The van der Waals surface area contributed by atoms with E-state index in [4.69, 9.17) is 0 Å². The number of nitrogens with zero attached hydrogens (tertiary/aromatic N) is 1. The quantitative estimate of drug-likeness (QED) is 0.721. The molecule has 0 aromatic heterocycles. The maximum atomic E-state index is 12.6. The van der Waals surface area contributed by atoms with Crippen LogP contribution < -0.4 is 5.32 Å². The summed E-state index contributed by atoms with van der Waals surface area (Å²) in [5, 5.41) is 2.16. The number of carbonyl (C=O) groups is 5. The summed E-state index contributed by atoms with van der Waals surface area (Å²) >= 11 is 0. The summed E-state index contributed by atoms with van der Waals surface area (Å²) in [6.45, 7) is 0. The van der Waals surface area contributed by atoms with Crippen LogP contribution in [0.2, 0.25) is 0 Å². The van der Waals surface area contributed by atoms with Crippen LogP contribution in [0.3, 0.4) is 0 Å². The zero-order valence-electron chi connectivity index (χ0n) is 12.0. The van der Waals surface area contributed by atoms with Crippen molar-refractivity contribution in [2.24, 2.45) is 0 Å². The third-order valence-electron chi connectivity index (χ3n) is 4.54. The van der Waals surface area contributed by atoms with E-state index in [1.807, 2.05) is 0 Å². The third kappa shape index (κ3) is 1.93. The monoisotopic (exact) mass is 312 g/mol. The number of Topliss-reactive ketones (excluding diaryl/α,β-unsaturated/α-hetero) is 1.